The molecule has 0 bridgehead atoms. The van der Waals surface area contributed by atoms with E-state index in [0.29, 0.717) is 19.4 Å². The summed E-state index contributed by atoms with van der Waals surface area (Å²) in [5.74, 6) is -0.00608. The smallest absolute Gasteiger partial charge is 0.314 e. The zero-order valence-corrected chi connectivity index (χ0v) is 11.3. The van der Waals surface area contributed by atoms with E-state index in [2.05, 4.69) is 15.9 Å². The summed E-state index contributed by atoms with van der Waals surface area (Å²) < 4.78 is 11.5. The largest absolute Gasteiger partial charge is 0.481 e. The van der Waals surface area contributed by atoms with Crippen LogP contribution in [0, 0.1) is 0 Å². The molecule has 4 nitrogen and oxygen atoms in total. The van der Waals surface area contributed by atoms with E-state index in [1.54, 1.807) is 0 Å². The molecule has 1 heterocycles. The van der Waals surface area contributed by atoms with E-state index in [9.17, 15) is 9.90 Å². The Morgan fingerprint density at radius 2 is 2.17 bits per heavy atom. The number of hydrogen-bond acceptors (Lipinski definition) is 3. The molecule has 1 aromatic rings. The summed E-state index contributed by atoms with van der Waals surface area (Å²) in [7, 11) is 0. The quantitative estimate of drug-likeness (QED) is 0.912. The molecule has 3 rings (SSSR count). The zero-order chi connectivity index (χ0) is 12.8. The van der Waals surface area contributed by atoms with Gasteiger partial charge in [0.05, 0.1) is 12.0 Å². The minimum Gasteiger partial charge on any atom is -0.481 e. The van der Waals surface area contributed by atoms with Crippen LogP contribution >= 0.6 is 15.9 Å². The first-order valence-corrected chi connectivity index (χ1v) is 6.70. The Bertz CT molecular complexity index is 508. The van der Waals surface area contributed by atoms with Gasteiger partial charge in [0.2, 0.25) is 0 Å². The highest BCUT2D eigenvalue weighted by Gasteiger charge is 2.47. The lowest BCUT2D eigenvalue weighted by molar-refractivity contribution is -0.147. The number of benzene rings is 1. The van der Waals surface area contributed by atoms with Crippen LogP contribution in [0.15, 0.2) is 16.6 Å². The van der Waals surface area contributed by atoms with Gasteiger partial charge in [0.1, 0.15) is 5.75 Å². The van der Waals surface area contributed by atoms with E-state index in [-0.39, 0.29) is 6.79 Å². The number of ether oxygens (including phenoxy) is 2. The van der Waals surface area contributed by atoms with Gasteiger partial charge in [-0.15, -0.1) is 0 Å². The second-order valence-corrected chi connectivity index (χ2v) is 5.65. The predicted octanol–water partition coefficient (Wildman–Crippen LogP) is 2.82. The summed E-state index contributed by atoms with van der Waals surface area (Å²) in [5.41, 5.74) is 1.04. The number of carboxylic acid groups (broad SMARTS) is 1. The second kappa shape index (κ2) is 4.24. The van der Waals surface area contributed by atoms with Crippen molar-refractivity contribution in [2.75, 3.05) is 6.79 Å². The van der Waals surface area contributed by atoms with Crippen molar-refractivity contribution in [1.82, 2.24) is 0 Å². The van der Waals surface area contributed by atoms with Gasteiger partial charge in [0.25, 0.3) is 0 Å². The molecule has 2 aliphatic rings. The van der Waals surface area contributed by atoms with Crippen LogP contribution < -0.4 is 4.74 Å². The number of fused-ring (bicyclic) bond motifs is 1. The van der Waals surface area contributed by atoms with Crippen molar-refractivity contribution in [3.63, 3.8) is 0 Å². The molecule has 1 N–H and O–H groups in total. The van der Waals surface area contributed by atoms with E-state index in [0.717, 1.165) is 27.8 Å². The summed E-state index contributed by atoms with van der Waals surface area (Å²) >= 11 is 3.48. The zero-order valence-electron chi connectivity index (χ0n) is 9.74. The summed E-state index contributed by atoms with van der Waals surface area (Å²) in [5, 5.41) is 9.48. The molecule has 1 aliphatic carbocycles. The second-order valence-electron chi connectivity index (χ2n) is 4.79. The number of hydrogen-bond donors (Lipinski definition) is 1. The molecule has 1 fully saturated rings. The van der Waals surface area contributed by atoms with Crippen LogP contribution in [-0.4, -0.2) is 17.9 Å². The molecule has 1 saturated carbocycles. The fourth-order valence-corrected chi connectivity index (χ4v) is 3.36. The first-order valence-electron chi connectivity index (χ1n) is 5.90. The van der Waals surface area contributed by atoms with E-state index < -0.39 is 11.4 Å². The standard InChI is InChI=1S/C13H13BrO4/c14-10-4-8-6-17-7-18-11(8)5-9(10)13(12(15)16)2-1-3-13/h4-5H,1-3,6-7H2,(H,15,16). The number of aliphatic carboxylic acids is 1. The number of halogens is 1. The van der Waals surface area contributed by atoms with Crippen molar-refractivity contribution >= 4 is 21.9 Å². The summed E-state index contributed by atoms with van der Waals surface area (Å²) in [6, 6.07) is 3.77. The molecule has 0 spiro atoms. The van der Waals surface area contributed by atoms with Crippen LogP contribution in [0.1, 0.15) is 30.4 Å². The SMILES string of the molecule is O=C(O)C1(c2cc3c(cc2Br)COCO3)CCC1. The molecule has 1 aromatic carbocycles. The van der Waals surface area contributed by atoms with Crippen LogP contribution in [0.2, 0.25) is 0 Å². The molecule has 0 aromatic heterocycles. The van der Waals surface area contributed by atoms with Gasteiger partial charge < -0.3 is 14.6 Å². The maximum absolute atomic E-state index is 11.5. The van der Waals surface area contributed by atoms with Gasteiger partial charge in [-0.25, -0.2) is 0 Å². The molecule has 96 valence electrons. The fraction of sp³-hybridized carbons (Fsp3) is 0.462. The van der Waals surface area contributed by atoms with Crippen LogP contribution in [-0.2, 0) is 21.6 Å². The third kappa shape index (κ3) is 1.65. The van der Waals surface area contributed by atoms with Gasteiger partial charge in [-0.05, 0) is 30.5 Å². The molecule has 0 amide bonds. The number of carbonyl (C=O) groups is 1. The van der Waals surface area contributed by atoms with Gasteiger partial charge in [0.15, 0.2) is 6.79 Å². The van der Waals surface area contributed by atoms with Gasteiger partial charge in [0, 0.05) is 10.0 Å². The van der Waals surface area contributed by atoms with Crippen LogP contribution in [0.25, 0.3) is 0 Å². The Labute approximate surface area is 113 Å². The fourth-order valence-electron chi connectivity index (χ4n) is 2.59. The van der Waals surface area contributed by atoms with Gasteiger partial charge in [-0.3, -0.25) is 4.79 Å². The normalized spacial score (nSPS) is 20.5. The van der Waals surface area contributed by atoms with Crippen LogP contribution in [0.4, 0.5) is 0 Å². The van der Waals surface area contributed by atoms with Crippen LogP contribution in [0.3, 0.4) is 0 Å². The van der Waals surface area contributed by atoms with Gasteiger partial charge in [-0.1, -0.05) is 22.4 Å². The summed E-state index contributed by atoms with van der Waals surface area (Å²) in [4.78, 5) is 11.5. The predicted molar refractivity (Wildman–Crippen MR) is 67.6 cm³/mol. The van der Waals surface area contributed by atoms with Crippen molar-refractivity contribution < 1.29 is 19.4 Å². The lowest BCUT2D eigenvalue weighted by Crippen LogP contribution is -2.42. The lowest BCUT2D eigenvalue weighted by atomic mass is 9.64. The molecular formula is C13H13BrO4. The van der Waals surface area contributed by atoms with Crippen LogP contribution in [0.5, 0.6) is 5.75 Å². The Kier molecular flexibility index (Phi) is 2.83. The highest BCUT2D eigenvalue weighted by Crippen LogP contribution is 2.48. The van der Waals surface area contributed by atoms with E-state index >= 15 is 0 Å². The van der Waals surface area contributed by atoms with Crippen molar-refractivity contribution in [3.8, 4) is 5.75 Å². The monoisotopic (exact) mass is 312 g/mol. The number of rotatable bonds is 2. The van der Waals surface area contributed by atoms with Crippen molar-refractivity contribution in [3.05, 3.63) is 27.7 Å². The van der Waals surface area contributed by atoms with Gasteiger partial charge >= 0.3 is 5.97 Å². The highest BCUT2D eigenvalue weighted by molar-refractivity contribution is 9.10. The Balaban J connectivity index is 2.09. The van der Waals surface area contributed by atoms with Crippen molar-refractivity contribution in [1.29, 1.82) is 0 Å². The summed E-state index contributed by atoms with van der Waals surface area (Å²) in [6.45, 7) is 0.739. The molecule has 0 unspecified atom stereocenters. The average molecular weight is 313 g/mol. The highest BCUT2D eigenvalue weighted by atomic mass is 79.9. The van der Waals surface area contributed by atoms with Crippen molar-refractivity contribution in [2.24, 2.45) is 0 Å². The maximum Gasteiger partial charge on any atom is 0.314 e. The molecular weight excluding hydrogens is 300 g/mol. The molecule has 5 heteroatoms. The Morgan fingerprint density at radius 3 is 2.78 bits per heavy atom. The Hall–Kier alpha value is -1.07. The molecule has 18 heavy (non-hydrogen) atoms. The topological polar surface area (TPSA) is 55.8 Å². The molecule has 0 atom stereocenters. The third-order valence-corrected chi connectivity index (χ3v) is 4.49. The van der Waals surface area contributed by atoms with E-state index in [1.165, 1.54) is 0 Å². The Morgan fingerprint density at radius 1 is 1.39 bits per heavy atom. The first-order chi connectivity index (χ1) is 8.63. The minimum absolute atomic E-state index is 0.230. The van der Waals surface area contributed by atoms with Crippen molar-refractivity contribution in [2.45, 2.75) is 31.3 Å². The van der Waals surface area contributed by atoms with Gasteiger partial charge in [-0.2, -0.15) is 0 Å². The molecule has 0 saturated heterocycles. The molecule has 0 radical (unpaired) electrons. The average Bonchev–Trinajstić information content (AvgIpc) is 2.27. The lowest BCUT2D eigenvalue weighted by Gasteiger charge is -2.39. The maximum atomic E-state index is 11.5. The van der Waals surface area contributed by atoms with E-state index in [1.807, 2.05) is 12.1 Å². The summed E-state index contributed by atoms with van der Waals surface area (Å²) in [6.07, 6.45) is 2.34. The molecule has 1 aliphatic heterocycles. The van der Waals surface area contributed by atoms with E-state index in [4.69, 9.17) is 9.47 Å². The third-order valence-electron chi connectivity index (χ3n) is 3.84. The number of carboxylic acids is 1. The first kappa shape index (κ1) is 12.0. The minimum atomic E-state index is -0.749.